The molecule has 21 heavy (non-hydrogen) atoms. The van der Waals surface area contributed by atoms with Crippen LogP contribution in [0.15, 0.2) is 0 Å². The van der Waals surface area contributed by atoms with Gasteiger partial charge >= 0.3 is 12.1 Å². The fraction of sp³-hybridized carbons (Fsp3) is 0.636. The number of alkyl halides is 3. The number of aliphatic carboxylic acids is 1. The number of carboxylic acid groups (broad SMARTS) is 1. The zero-order valence-electron chi connectivity index (χ0n) is 10.7. The molecule has 1 aliphatic rings. The smallest absolute Gasteiger partial charge is 0.453 e. The van der Waals surface area contributed by atoms with Gasteiger partial charge in [-0.05, 0) is 12.8 Å². The minimum atomic E-state index is -4.64. The third kappa shape index (κ3) is 2.37. The average Bonchev–Trinajstić information content (AvgIpc) is 3.02. The highest BCUT2D eigenvalue weighted by Gasteiger charge is 2.43. The van der Waals surface area contributed by atoms with Crippen LogP contribution in [0.1, 0.15) is 36.5 Å². The Morgan fingerprint density at radius 1 is 1.33 bits per heavy atom. The molecule has 1 saturated carbocycles. The van der Waals surface area contributed by atoms with Crippen LogP contribution in [-0.4, -0.2) is 30.9 Å². The number of hydrogen-bond donors (Lipinski definition) is 1. The number of carbonyl (C=O) groups is 1. The van der Waals surface area contributed by atoms with E-state index in [-0.39, 0.29) is 11.4 Å². The summed E-state index contributed by atoms with van der Waals surface area (Å²) in [4.78, 5) is 11.5. The maximum atomic E-state index is 12.7. The van der Waals surface area contributed by atoms with E-state index in [1.54, 1.807) is 0 Å². The molecule has 2 heterocycles. The normalized spacial score (nSPS) is 18.4. The lowest BCUT2D eigenvalue weighted by Gasteiger charge is -2.21. The van der Waals surface area contributed by atoms with Crippen LogP contribution in [0.3, 0.4) is 0 Å². The van der Waals surface area contributed by atoms with E-state index < -0.39 is 23.4 Å². The molecule has 2 aromatic heterocycles. The Labute approximate surface area is 120 Å². The standard InChI is InChI=1S/C11H11F3N4O2S/c12-11(13,14)7-15-16-9-18(7)17-6(21-9)5-10(8(19)20)3-1-2-4-10/h1-5H2,(H,19,20). The van der Waals surface area contributed by atoms with Crippen molar-refractivity contribution < 1.29 is 23.1 Å². The van der Waals surface area contributed by atoms with Crippen LogP contribution in [0.25, 0.3) is 4.96 Å². The third-order valence-corrected chi connectivity index (χ3v) is 4.69. The Morgan fingerprint density at radius 3 is 2.57 bits per heavy atom. The van der Waals surface area contributed by atoms with E-state index in [1.807, 2.05) is 0 Å². The molecule has 0 aromatic carbocycles. The fourth-order valence-electron chi connectivity index (χ4n) is 2.71. The molecule has 1 fully saturated rings. The average molecular weight is 320 g/mol. The van der Waals surface area contributed by atoms with Crippen molar-refractivity contribution in [3.05, 3.63) is 10.8 Å². The van der Waals surface area contributed by atoms with Crippen molar-refractivity contribution in [2.24, 2.45) is 5.41 Å². The first kappa shape index (κ1) is 14.2. The first-order valence-corrected chi connectivity index (χ1v) is 7.15. The van der Waals surface area contributed by atoms with Crippen molar-refractivity contribution in [1.82, 2.24) is 19.8 Å². The van der Waals surface area contributed by atoms with Gasteiger partial charge in [-0.1, -0.05) is 24.2 Å². The quantitative estimate of drug-likeness (QED) is 0.939. The molecule has 0 radical (unpaired) electrons. The van der Waals surface area contributed by atoms with Gasteiger partial charge in [0.2, 0.25) is 4.96 Å². The maximum absolute atomic E-state index is 12.7. The Balaban J connectivity index is 1.95. The van der Waals surface area contributed by atoms with Gasteiger partial charge in [0, 0.05) is 6.42 Å². The summed E-state index contributed by atoms with van der Waals surface area (Å²) in [7, 11) is 0. The van der Waals surface area contributed by atoms with E-state index in [9.17, 15) is 23.1 Å². The summed E-state index contributed by atoms with van der Waals surface area (Å²) < 4.78 is 38.8. The molecule has 0 atom stereocenters. The number of fused-ring (bicyclic) bond motifs is 1. The highest BCUT2D eigenvalue weighted by Crippen LogP contribution is 2.42. The SMILES string of the molecule is O=C(O)C1(Cc2nn3c(C(F)(F)F)nnc3s2)CCCC1. The van der Waals surface area contributed by atoms with Crippen molar-refractivity contribution in [1.29, 1.82) is 0 Å². The number of carboxylic acids is 1. The third-order valence-electron chi connectivity index (χ3n) is 3.79. The van der Waals surface area contributed by atoms with Gasteiger partial charge in [-0.2, -0.15) is 22.8 Å². The molecule has 3 rings (SSSR count). The van der Waals surface area contributed by atoms with Crippen molar-refractivity contribution in [3.63, 3.8) is 0 Å². The Morgan fingerprint density at radius 2 is 2.00 bits per heavy atom. The van der Waals surface area contributed by atoms with Crippen molar-refractivity contribution in [2.75, 3.05) is 0 Å². The molecule has 1 aliphatic carbocycles. The highest BCUT2D eigenvalue weighted by molar-refractivity contribution is 7.16. The summed E-state index contributed by atoms with van der Waals surface area (Å²) in [5, 5.41) is 20.1. The summed E-state index contributed by atoms with van der Waals surface area (Å²) in [6, 6.07) is 0. The Hall–Kier alpha value is -1.71. The summed E-state index contributed by atoms with van der Waals surface area (Å²) in [6.45, 7) is 0. The molecule has 0 amide bonds. The predicted molar refractivity (Wildman–Crippen MR) is 65.9 cm³/mol. The van der Waals surface area contributed by atoms with Gasteiger partial charge in [0.05, 0.1) is 5.41 Å². The molecule has 2 aromatic rings. The van der Waals surface area contributed by atoms with Crippen molar-refractivity contribution in [3.8, 4) is 0 Å². The predicted octanol–water partition coefficient (Wildman–Crippen LogP) is 2.39. The summed E-state index contributed by atoms with van der Waals surface area (Å²) in [5.74, 6) is -2.10. The topological polar surface area (TPSA) is 80.4 Å². The number of halogens is 3. The van der Waals surface area contributed by atoms with E-state index in [0.29, 0.717) is 22.4 Å². The van der Waals surface area contributed by atoms with Crippen molar-refractivity contribution in [2.45, 2.75) is 38.3 Å². The summed E-state index contributed by atoms with van der Waals surface area (Å²) >= 11 is 0.952. The van der Waals surface area contributed by atoms with Crippen LogP contribution in [0.4, 0.5) is 13.2 Å². The van der Waals surface area contributed by atoms with Crippen LogP contribution < -0.4 is 0 Å². The summed E-state index contributed by atoms with van der Waals surface area (Å²) in [5.41, 5.74) is -0.915. The van der Waals surface area contributed by atoms with Gasteiger partial charge in [0.25, 0.3) is 5.82 Å². The van der Waals surface area contributed by atoms with Crippen LogP contribution in [0, 0.1) is 5.41 Å². The fourth-order valence-corrected chi connectivity index (χ4v) is 3.69. The van der Waals surface area contributed by atoms with Crippen molar-refractivity contribution >= 4 is 22.3 Å². The van der Waals surface area contributed by atoms with Gasteiger partial charge in [-0.15, -0.1) is 10.2 Å². The molecule has 10 heteroatoms. The molecule has 1 N–H and O–H groups in total. The number of hydrogen-bond acceptors (Lipinski definition) is 5. The van der Waals surface area contributed by atoms with Gasteiger partial charge in [-0.25, -0.2) is 0 Å². The minimum Gasteiger partial charge on any atom is -0.481 e. The monoisotopic (exact) mass is 320 g/mol. The second kappa shape index (κ2) is 4.65. The van der Waals surface area contributed by atoms with Crippen LogP contribution in [-0.2, 0) is 17.4 Å². The maximum Gasteiger partial charge on any atom is 0.453 e. The molecule has 114 valence electrons. The molecule has 0 spiro atoms. The molecule has 0 saturated heterocycles. The van der Waals surface area contributed by atoms with Crippen LogP contribution in [0.2, 0.25) is 0 Å². The molecule has 0 aliphatic heterocycles. The summed E-state index contributed by atoms with van der Waals surface area (Å²) in [6.07, 6.45) is -1.84. The highest BCUT2D eigenvalue weighted by atomic mass is 32.1. The number of nitrogens with zero attached hydrogens (tertiary/aromatic N) is 4. The minimum absolute atomic E-state index is 0.0239. The first-order valence-electron chi connectivity index (χ1n) is 6.34. The van der Waals surface area contributed by atoms with Gasteiger partial charge < -0.3 is 5.11 Å². The van der Waals surface area contributed by atoms with Gasteiger partial charge in [0.15, 0.2) is 0 Å². The van der Waals surface area contributed by atoms with E-state index >= 15 is 0 Å². The number of aromatic nitrogens is 4. The lowest BCUT2D eigenvalue weighted by atomic mass is 9.83. The van der Waals surface area contributed by atoms with Crippen LogP contribution in [0.5, 0.6) is 0 Å². The Kier molecular flexibility index (Phi) is 3.15. The lowest BCUT2D eigenvalue weighted by molar-refractivity contribution is -0.149. The van der Waals surface area contributed by atoms with Gasteiger partial charge in [0.1, 0.15) is 5.01 Å². The molecule has 0 bridgehead atoms. The largest absolute Gasteiger partial charge is 0.481 e. The van der Waals surface area contributed by atoms with E-state index in [1.165, 1.54) is 0 Å². The molecule has 0 unspecified atom stereocenters. The van der Waals surface area contributed by atoms with E-state index in [0.717, 1.165) is 24.2 Å². The second-order valence-corrected chi connectivity index (χ2v) is 6.22. The second-order valence-electron chi connectivity index (χ2n) is 5.18. The molecular weight excluding hydrogens is 309 g/mol. The number of rotatable bonds is 3. The molecule has 6 nitrogen and oxygen atoms in total. The molecular formula is C11H11F3N4O2S. The zero-order valence-corrected chi connectivity index (χ0v) is 11.5. The first-order chi connectivity index (χ1) is 9.82. The van der Waals surface area contributed by atoms with Crippen LogP contribution >= 0.6 is 11.3 Å². The lowest BCUT2D eigenvalue weighted by Crippen LogP contribution is -2.30. The van der Waals surface area contributed by atoms with E-state index in [4.69, 9.17) is 0 Å². The van der Waals surface area contributed by atoms with Gasteiger partial charge in [-0.3, -0.25) is 4.79 Å². The zero-order chi connectivity index (χ0) is 15.3. The van der Waals surface area contributed by atoms with E-state index in [2.05, 4.69) is 15.3 Å². The Bertz CT molecular complexity index is 687.